The van der Waals surface area contributed by atoms with Gasteiger partial charge in [0.1, 0.15) is 5.56 Å². The van der Waals surface area contributed by atoms with Crippen LogP contribution in [-0.4, -0.2) is 49.5 Å². The molecule has 0 aromatic carbocycles. The van der Waals surface area contributed by atoms with Gasteiger partial charge in [0, 0.05) is 6.21 Å². The predicted octanol–water partition coefficient (Wildman–Crippen LogP) is -1.88. The number of hydrogen-bond acceptors (Lipinski definition) is 6. The fourth-order valence-corrected chi connectivity index (χ4v) is 1.14. The number of nitrogens with zero attached hydrogens (tertiary/aromatic N) is 1. The van der Waals surface area contributed by atoms with Gasteiger partial charge in [-0.1, -0.05) is 0 Å². The molecule has 1 aromatic rings. The van der Waals surface area contributed by atoms with Crippen molar-refractivity contribution < 1.29 is 24.9 Å². The van der Waals surface area contributed by atoms with Crippen molar-refractivity contribution in [2.75, 3.05) is 0 Å². The van der Waals surface area contributed by atoms with Crippen LogP contribution in [0.2, 0.25) is 0 Å². The number of aromatic nitrogens is 2. The van der Waals surface area contributed by atoms with E-state index < -0.39 is 47.1 Å². The van der Waals surface area contributed by atoms with Gasteiger partial charge >= 0.3 is 17.6 Å². The molecule has 1 atom stereocenters. The van der Waals surface area contributed by atoms with Gasteiger partial charge in [-0.25, -0.2) is 9.59 Å². The van der Waals surface area contributed by atoms with E-state index in [9.17, 15) is 24.3 Å². The Morgan fingerprint density at radius 1 is 1.26 bits per heavy atom. The molecule has 19 heavy (non-hydrogen) atoms. The molecule has 0 aliphatic rings. The molecule has 102 valence electrons. The fourth-order valence-electron chi connectivity index (χ4n) is 1.14. The highest BCUT2D eigenvalue weighted by atomic mass is 16.4. The quantitative estimate of drug-likeness (QED) is 0.389. The third-order valence-electron chi connectivity index (χ3n) is 2.00. The Balaban J connectivity index is 3.09. The van der Waals surface area contributed by atoms with Crippen LogP contribution in [-0.2, 0) is 9.59 Å². The summed E-state index contributed by atoms with van der Waals surface area (Å²) in [6, 6.07) is -1.61. The summed E-state index contributed by atoms with van der Waals surface area (Å²) in [7, 11) is 0. The largest absolute Gasteiger partial charge is 0.494 e. The van der Waals surface area contributed by atoms with Crippen LogP contribution in [0, 0.1) is 0 Å². The van der Waals surface area contributed by atoms with Crippen LogP contribution in [0.25, 0.3) is 0 Å². The molecule has 10 nitrogen and oxygen atoms in total. The summed E-state index contributed by atoms with van der Waals surface area (Å²) in [5.74, 6) is -3.68. The van der Waals surface area contributed by atoms with Crippen LogP contribution in [0.1, 0.15) is 12.0 Å². The van der Waals surface area contributed by atoms with Crippen molar-refractivity contribution in [1.82, 2.24) is 9.97 Å². The molecule has 0 aliphatic heterocycles. The molecule has 0 aliphatic carbocycles. The van der Waals surface area contributed by atoms with Gasteiger partial charge in [-0.2, -0.15) is 0 Å². The Morgan fingerprint density at radius 3 is 2.37 bits per heavy atom. The minimum absolute atomic E-state index is 0.476. The van der Waals surface area contributed by atoms with Gasteiger partial charge < -0.3 is 15.3 Å². The lowest BCUT2D eigenvalue weighted by molar-refractivity contribution is -0.144. The zero-order chi connectivity index (χ0) is 14.6. The molecule has 1 aromatic heterocycles. The van der Waals surface area contributed by atoms with E-state index in [0.29, 0.717) is 6.21 Å². The number of rotatable bonds is 5. The van der Waals surface area contributed by atoms with Gasteiger partial charge in [-0.15, -0.1) is 0 Å². The van der Waals surface area contributed by atoms with Crippen molar-refractivity contribution in [3.8, 4) is 5.88 Å². The van der Waals surface area contributed by atoms with Crippen molar-refractivity contribution >= 4 is 18.2 Å². The predicted molar refractivity (Wildman–Crippen MR) is 60.6 cm³/mol. The van der Waals surface area contributed by atoms with Crippen LogP contribution in [0.3, 0.4) is 0 Å². The fraction of sp³-hybridized carbons (Fsp3) is 0.222. The summed E-state index contributed by atoms with van der Waals surface area (Å²) in [5, 5.41) is 26.4. The topological polar surface area (TPSA) is 173 Å². The zero-order valence-corrected chi connectivity index (χ0v) is 9.28. The molecule has 0 fully saturated rings. The van der Waals surface area contributed by atoms with Gasteiger partial charge in [0.2, 0.25) is 5.88 Å². The first-order valence-electron chi connectivity index (χ1n) is 4.84. The molecular weight excluding hydrogens is 262 g/mol. The standard InChI is InChI=1S/C9H9N3O7/c13-5(14)1-4(8(17)18)10-2-3-6(15)11-9(19)12-7(3)16/h2,4H,1H2,(H,13,14)(H,17,18)(H3,11,12,15,16,19)/t4-/m1/s1. The second kappa shape index (κ2) is 5.62. The van der Waals surface area contributed by atoms with Crippen LogP contribution >= 0.6 is 0 Å². The van der Waals surface area contributed by atoms with Gasteiger partial charge in [-0.3, -0.25) is 24.5 Å². The molecule has 10 heteroatoms. The zero-order valence-electron chi connectivity index (χ0n) is 9.28. The van der Waals surface area contributed by atoms with Crippen molar-refractivity contribution in [2.45, 2.75) is 12.5 Å². The summed E-state index contributed by atoms with van der Waals surface area (Å²) in [6.07, 6.45) is -0.0975. The molecule has 0 radical (unpaired) electrons. The highest BCUT2D eigenvalue weighted by Gasteiger charge is 2.19. The first-order chi connectivity index (χ1) is 8.81. The van der Waals surface area contributed by atoms with Crippen LogP contribution < -0.4 is 11.2 Å². The Labute approximate surface area is 104 Å². The maximum absolute atomic E-state index is 11.3. The lowest BCUT2D eigenvalue weighted by Gasteiger charge is -2.03. The third-order valence-corrected chi connectivity index (χ3v) is 2.00. The monoisotopic (exact) mass is 271 g/mol. The Bertz CT molecular complexity index is 642. The first kappa shape index (κ1) is 14.2. The number of aliphatic imine (C=N–C) groups is 1. The number of carboxylic acid groups (broad SMARTS) is 2. The number of hydrogen-bond donors (Lipinski definition) is 5. The number of aliphatic carboxylic acids is 2. The SMILES string of the molecule is O=C(O)C[C@@H](N=Cc1c(O)[nH]c(=O)[nH]c1=O)C(=O)O. The van der Waals surface area contributed by atoms with Crippen molar-refractivity contribution in [3.05, 3.63) is 26.4 Å². The summed E-state index contributed by atoms with van der Waals surface area (Å²) < 4.78 is 0. The highest BCUT2D eigenvalue weighted by Crippen LogP contribution is 2.04. The van der Waals surface area contributed by atoms with Crippen LogP contribution in [0.15, 0.2) is 14.6 Å². The van der Waals surface area contributed by atoms with Gasteiger partial charge in [-0.05, 0) is 0 Å². The molecule has 1 rings (SSSR count). The molecule has 5 N–H and O–H groups in total. The Morgan fingerprint density at radius 2 is 1.89 bits per heavy atom. The second-order valence-electron chi connectivity index (χ2n) is 3.40. The van der Waals surface area contributed by atoms with E-state index in [1.165, 1.54) is 0 Å². The van der Waals surface area contributed by atoms with Gasteiger partial charge in [0.15, 0.2) is 6.04 Å². The van der Waals surface area contributed by atoms with Crippen molar-refractivity contribution in [3.63, 3.8) is 0 Å². The van der Waals surface area contributed by atoms with E-state index in [1.54, 1.807) is 4.98 Å². The van der Waals surface area contributed by atoms with Crippen molar-refractivity contribution in [1.29, 1.82) is 0 Å². The summed E-state index contributed by atoms with van der Waals surface area (Å²) in [4.78, 5) is 50.2. The average Bonchev–Trinajstić information content (AvgIpc) is 2.25. The van der Waals surface area contributed by atoms with E-state index in [1.807, 2.05) is 4.98 Å². The van der Waals surface area contributed by atoms with Gasteiger partial charge in [0.05, 0.1) is 6.42 Å². The number of H-pyrrole nitrogens is 2. The molecule has 0 amide bonds. The molecule has 0 bridgehead atoms. The number of aromatic amines is 2. The Kier molecular flexibility index (Phi) is 4.19. The molecule has 0 saturated heterocycles. The lowest BCUT2D eigenvalue weighted by atomic mass is 10.2. The van der Waals surface area contributed by atoms with Crippen LogP contribution in [0.4, 0.5) is 0 Å². The first-order valence-corrected chi connectivity index (χ1v) is 4.84. The molecular formula is C9H9N3O7. The third kappa shape index (κ3) is 3.80. The smallest absolute Gasteiger partial charge is 0.329 e. The summed E-state index contributed by atoms with van der Waals surface area (Å²) in [6.45, 7) is 0. The van der Waals surface area contributed by atoms with E-state index >= 15 is 0 Å². The average molecular weight is 271 g/mol. The van der Waals surface area contributed by atoms with E-state index in [4.69, 9.17) is 10.2 Å². The second-order valence-corrected chi connectivity index (χ2v) is 3.40. The van der Waals surface area contributed by atoms with Crippen LogP contribution in [0.5, 0.6) is 5.88 Å². The number of carboxylic acids is 2. The lowest BCUT2D eigenvalue weighted by Crippen LogP contribution is -2.26. The number of nitrogens with one attached hydrogen (secondary N) is 2. The Hall–Kier alpha value is -2.91. The molecule has 1 heterocycles. The molecule has 0 saturated carbocycles. The van der Waals surface area contributed by atoms with Crippen molar-refractivity contribution in [2.24, 2.45) is 4.99 Å². The minimum Gasteiger partial charge on any atom is -0.494 e. The minimum atomic E-state index is -1.61. The normalized spacial score (nSPS) is 12.4. The highest BCUT2D eigenvalue weighted by molar-refractivity contribution is 5.86. The van der Waals surface area contributed by atoms with Gasteiger partial charge in [0.25, 0.3) is 5.56 Å². The number of carbonyl (C=O) groups is 2. The number of aromatic hydroxyl groups is 1. The van der Waals surface area contributed by atoms with E-state index in [0.717, 1.165) is 0 Å². The maximum atomic E-state index is 11.3. The van der Waals surface area contributed by atoms with E-state index in [-0.39, 0.29) is 0 Å². The maximum Gasteiger partial charge on any atom is 0.329 e. The van der Waals surface area contributed by atoms with E-state index in [2.05, 4.69) is 4.99 Å². The summed E-state index contributed by atoms with van der Waals surface area (Å²) in [5.41, 5.74) is -2.40. The molecule has 0 unspecified atom stereocenters. The molecule has 0 spiro atoms. The summed E-state index contributed by atoms with van der Waals surface area (Å²) >= 11 is 0.